The van der Waals surface area contributed by atoms with Crippen molar-refractivity contribution in [2.45, 2.75) is 26.3 Å². The number of nitrogens with zero attached hydrogens (tertiary/aromatic N) is 2. The molecule has 1 aliphatic rings. The number of piperidine rings is 1. The predicted octanol–water partition coefficient (Wildman–Crippen LogP) is 2.43. The molecule has 1 saturated heterocycles. The van der Waals surface area contributed by atoms with Gasteiger partial charge in [0.25, 0.3) is 0 Å². The van der Waals surface area contributed by atoms with Gasteiger partial charge in [-0.3, -0.25) is 0 Å². The second kappa shape index (κ2) is 5.02. The Kier molecular flexibility index (Phi) is 3.66. The normalized spacial score (nSPS) is 17.8. The molecule has 1 fully saturated rings. The molecule has 0 unspecified atom stereocenters. The third-order valence-electron chi connectivity index (χ3n) is 3.25. The van der Waals surface area contributed by atoms with Crippen LogP contribution in [0.2, 0.25) is 5.02 Å². The highest BCUT2D eigenvalue weighted by Crippen LogP contribution is 2.29. The van der Waals surface area contributed by atoms with E-state index in [0.29, 0.717) is 6.54 Å². The van der Waals surface area contributed by atoms with Crippen LogP contribution in [0.3, 0.4) is 0 Å². The summed E-state index contributed by atoms with van der Waals surface area (Å²) in [5.74, 6) is 1.71. The van der Waals surface area contributed by atoms with Gasteiger partial charge in [-0.05, 0) is 30.4 Å². The van der Waals surface area contributed by atoms with Crippen molar-refractivity contribution in [2.75, 3.05) is 18.0 Å². The van der Waals surface area contributed by atoms with Crippen molar-refractivity contribution in [1.29, 1.82) is 0 Å². The molecule has 0 bridgehead atoms. The minimum atomic E-state index is 0.471. The Bertz CT molecular complexity index is 359. The van der Waals surface area contributed by atoms with Gasteiger partial charge in [-0.1, -0.05) is 18.5 Å². The average molecular weight is 240 g/mol. The summed E-state index contributed by atoms with van der Waals surface area (Å²) in [6.07, 6.45) is 4.22. The van der Waals surface area contributed by atoms with E-state index in [0.717, 1.165) is 35.4 Å². The summed E-state index contributed by atoms with van der Waals surface area (Å²) in [5.41, 5.74) is 6.62. The SMILES string of the molecule is CC1CCN(c2nccc(CN)c2Cl)CC1. The lowest BCUT2D eigenvalue weighted by Crippen LogP contribution is -2.33. The number of anilines is 1. The third kappa shape index (κ3) is 2.30. The van der Waals surface area contributed by atoms with Crippen LogP contribution in [0, 0.1) is 5.92 Å². The van der Waals surface area contributed by atoms with E-state index >= 15 is 0 Å². The molecule has 1 aromatic rings. The zero-order valence-electron chi connectivity index (χ0n) is 9.62. The van der Waals surface area contributed by atoms with Crippen molar-refractivity contribution in [3.8, 4) is 0 Å². The monoisotopic (exact) mass is 239 g/mol. The summed E-state index contributed by atoms with van der Waals surface area (Å²) in [6, 6.07) is 1.89. The lowest BCUT2D eigenvalue weighted by Gasteiger charge is -2.32. The maximum Gasteiger partial charge on any atom is 0.147 e. The van der Waals surface area contributed by atoms with Crippen LogP contribution in [-0.4, -0.2) is 18.1 Å². The van der Waals surface area contributed by atoms with Crippen molar-refractivity contribution in [3.63, 3.8) is 0 Å². The van der Waals surface area contributed by atoms with E-state index in [4.69, 9.17) is 17.3 Å². The van der Waals surface area contributed by atoms with Crippen LogP contribution in [0.15, 0.2) is 12.3 Å². The molecule has 0 radical (unpaired) electrons. The van der Waals surface area contributed by atoms with Crippen LogP contribution < -0.4 is 10.6 Å². The number of hydrogen-bond acceptors (Lipinski definition) is 3. The van der Waals surface area contributed by atoms with Crippen LogP contribution in [0.4, 0.5) is 5.82 Å². The van der Waals surface area contributed by atoms with Crippen molar-refractivity contribution in [2.24, 2.45) is 11.7 Å². The van der Waals surface area contributed by atoms with E-state index in [1.807, 2.05) is 6.07 Å². The Balaban J connectivity index is 2.20. The maximum atomic E-state index is 6.29. The highest BCUT2D eigenvalue weighted by atomic mass is 35.5. The number of pyridine rings is 1. The molecule has 2 heterocycles. The largest absolute Gasteiger partial charge is 0.355 e. The fraction of sp³-hybridized carbons (Fsp3) is 0.583. The van der Waals surface area contributed by atoms with Crippen LogP contribution in [0.1, 0.15) is 25.3 Å². The second-order valence-corrected chi connectivity index (χ2v) is 4.86. The Morgan fingerprint density at radius 3 is 2.81 bits per heavy atom. The first-order valence-corrected chi connectivity index (χ1v) is 6.18. The Morgan fingerprint density at radius 1 is 1.50 bits per heavy atom. The predicted molar refractivity (Wildman–Crippen MR) is 67.7 cm³/mol. The molecule has 2 N–H and O–H groups in total. The van der Waals surface area contributed by atoms with E-state index in [-0.39, 0.29) is 0 Å². The average Bonchev–Trinajstić information content (AvgIpc) is 2.31. The molecule has 0 aliphatic carbocycles. The number of nitrogens with two attached hydrogens (primary N) is 1. The van der Waals surface area contributed by atoms with Gasteiger partial charge >= 0.3 is 0 Å². The van der Waals surface area contributed by atoms with Crippen LogP contribution >= 0.6 is 11.6 Å². The minimum Gasteiger partial charge on any atom is -0.355 e. The van der Waals surface area contributed by atoms with Gasteiger partial charge in [-0.15, -0.1) is 0 Å². The standard InChI is InChI=1S/C12H18ClN3/c1-9-3-6-16(7-4-9)12-11(13)10(8-14)2-5-15-12/h2,5,9H,3-4,6-8,14H2,1H3. The molecule has 88 valence electrons. The molecule has 3 nitrogen and oxygen atoms in total. The van der Waals surface area contributed by atoms with Gasteiger partial charge in [0.1, 0.15) is 5.82 Å². The number of hydrogen-bond donors (Lipinski definition) is 1. The first-order chi connectivity index (χ1) is 7.72. The van der Waals surface area contributed by atoms with E-state index in [2.05, 4.69) is 16.8 Å². The molecule has 0 spiro atoms. The summed E-state index contributed by atoms with van der Waals surface area (Å²) in [7, 11) is 0. The van der Waals surface area contributed by atoms with E-state index < -0.39 is 0 Å². The summed E-state index contributed by atoms with van der Waals surface area (Å²) >= 11 is 6.29. The molecule has 0 aromatic carbocycles. The van der Waals surface area contributed by atoms with Crippen molar-refractivity contribution in [3.05, 3.63) is 22.8 Å². The van der Waals surface area contributed by atoms with Crippen LogP contribution in [0.5, 0.6) is 0 Å². The summed E-state index contributed by atoms with van der Waals surface area (Å²) in [6.45, 7) is 4.85. The lowest BCUT2D eigenvalue weighted by molar-refractivity contribution is 0.436. The summed E-state index contributed by atoms with van der Waals surface area (Å²) in [4.78, 5) is 6.64. The fourth-order valence-electron chi connectivity index (χ4n) is 2.07. The molecule has 2 rings (SSSR count). The molecular formula is C12H18ClN3. The van der Waals surface area contributed by atoms with Gasteiger partial charge < -0.3 is 10.6 Å². The maximum absolute atomic E-state index is 6.29. The molecule has 4 heteroatoms. The van der Waals surface area contributed by atoms with E-state index in [1.165, 1.54) is 12.8 Å². The minimum absolute atomic E-state index is 0.471. The number of rotatable bonds is 2. The molecule has 1 aliphatic heterocycles. The number of halogens is 1. The lowest BCUT2D eigenvalue weighted by atomic mass is 9.99. The van der Waals surface area contributed by atoms with Gasteiger partial charge in [0.05, 0.1) is 5.02 Å². The Morgan fingerprint density at radius 2 is 2.19 bits per heavy atom. The zero-order valence-corrected chi connectivity index (χ0v) is 10.4. The Labute approximate surface area is 102 Å². The van der Waals surface area contributed by atoms with Crippen molar-refractivity contribution >= 4 is 17.4 Å². The topological polar surface area (TPSA) is 42.2 Å². The molecule has 1 aromatic heterocycles. The summed E-state index contributed by atoms with van der Waals surface area (Å²) < 4.78 is 0. The van der Waals surface area contributed by atoms with E-state index in [9.17, 15) is 0 Å². The number of aromatic nitrogens is 1. The van der Waals surface area contributed by atoms with Gasteiger partial charge in [-0.2, -0.15) is 0 Å². The second-order valence-electron chi connectivity index (χ2n) is 4.48. The first kappa shape index (κ1) is 11.7. The Hall–Kier alpha value is -0.800. The molecule has 0 saturated carbocycles. The van der Waals surface area contributed by atoms with Crippen LogP contribution in [-0.2, 0) is 6.54 Å². The fourth-order valence-corrected chi connectivity index (χ4v) is 2.38. The van der Waals surface area contributed by atoms with Gasteiger partial charge in [0, 0.05) is 25.8 Å². The summed E-state index contributed by atoms with van der Waals surface area (Å²) in [5, 5.41) is 0.722. The third-order valence-corrected chi connectivity index (χ3v) is 3.67. The molecule has 0 atom stereocenters. The molecule has 0 amide bonds. The zero-order chi connectivity index (χ0) is 11.5. The molecular weight excluding hydrogens is 222 g/mol. The quantitative estimate of drug-likeness (QED) is 0.862. The van der Waals surface area contributed by atoms with Gasteiger partial charge in [-0.25, -0.2) is 4.98 Å². The first-order valence-electron chi connectivity index (χ1n) is 5.80. The van der Waals surface area contributed by atoms with Crippen molar-refractivity contribution in [1.82, 2.24) is 4.98 Å². The highest BCUT2D eigenvalue weighted by Gasteiger charge is 2.19. The molecule has 16 heavy (non-hydrogen) atoms. The van der Waals surface area contributed by atoms with Crippen LogP contribution in [0.25, 0.3) is 0 Å². The highest BCUT2D eigenvalue weighted by molar-refractivity contribution is 6.33. The van der Waals surface area contributed by atoms with Gasteiger partial charge in [0.2, 0.25) is 0 Å². The van der Waals surface area contributed by atoms with E-state index in [1.54, 1.807) is 6.20 Å². The van der Waals surface area contributed by atoms with Crippen molar-refractivity contribution < 1.29 is 0 Å². The van der Waals surface area contributed by atoms with Gasteiger partial charge in [0.15, 0.2) is 0 Å². The smallest absolute Gasteiger partial charge is 0.147 e.